The predicted molar refractivity (Wildman–Crippen MR) is 100 cm³/mol. The van der Waals surface area contributed by atoms with E-state index in [1.165, 1.54) is 0 Å². The average molecular weight is 335 g/mol. The molecular weight excluding hydrogens is 314 g/mol. The number of carbonyl (C=O) groups is 1. The van der Waals surface area contributed by atoms with Gasteiger partial charge < -0.3 is 9.73 Å². The number of benzene rings is 2. The number of nitrogens with one attached hydrogen (secondary N) is 1. The number of para-hydroxylation sites is 2. The van der Waals surface area contributed by atoms with Crippen molar-refractivity contribution >= 4 is 22.6 Å². The molecule has 4 nitrogen and oxygen atoms in total. The maximum atomic E-state index is 12.9. The summed E-state index contributed by atoms with van der Waals surface area (Å²) >= 11 is 0. The van der Waals surface area contributed by atoms with Gasteiger partial charge in [-0.2, -0.15) is 0 Å². The molecule has 0 bridgehead atoms. The molecule has 0 spiro atoms. The third kappa shape index (κ3) is 3.07. The fourth-order valence-corrected chi connectivity index (χ4v) is 3.10. The maximum absolute atomic E-state index is 12.9. The van der Waals surface area contributed by atoms with Gasteiger partial charge in [0.2, 0.25) is 5.43 Å². The van der Waals surface area contributed by atoms with Crippen LogP contribution in [-0.4, -0.2) is 5.91 Å². The second-order valence-electron chi connectivity index (χ2n) is 5.97. The monoisotopic (exact) mass is 335 g/mol. The fourth-order valence-electron chi connectivity index (χ4n) is 3.10. The summed E-state index contributed by atoms with van der Waals surface area (Å²) in [6, 6.07) is 12.9. The van der Waals surface area contributed by atoms with Crippen molar-refractivity contribution in [2.75, 3.05) is 5.32 Å². The zero-order valence-electron chi connectivity index (χ0n) is 14.7. The van der Waals surface area contributed by atoms with Gasteiger partial charge in [-0.15, -0.1) is 0 Å². The van der Waals surface area contributed by atoms with E-state index in [9.17, 15) is 9.59 Å². The summed E-state index contributed by atoms with van der Waals surface area (Å²) in [5.41, 5.74) is 3.15. The number of carbonyl (C=O) groups excluding carboxylic acids is 1. The van der Waals surface area contributed by atoms with E-state index in [-0.39, 0.29) is 11.0 Å². The first-order valence-electron chi connectivity index (χ1n) is 8.51. The topological polar surface area (TPSA) is 59.3 Å². The molecule has 2 aromatic carbocycles. The van der Waals surface area contributed by atoms with Crippen LogP contribution in [0.25, 0.3) is 11.0 Å². The van der Waals surface area contributed by atoms with Gasteiger partial charge in [-0.1, -0.05) is 44.2 Å². The molecule has 0 atom stereocenters. The quantitative estimate of drug-likeness (QED) is 0.765. The first-order valence-corrected chi connectivity index (χ1v) is 8.51. The van der Waals surface area contributed by atoms with Gasteiger partial charge in [0.15, 0.2) is 0 Å². The number of aryl methyl sites for hydroxylation is 3. The van der Waals surface area contributed by atoms with E-state index in [0.29, 0.717) is 16.7 Å². The molecule has 1 N–H and O–H groups in total. The van der Waals surface area contributed by atoms with Gasteiger partial charge in [0.1, 0.15) is 16.9 Å². The van der Waals surface area contributed by atoms with Crippen LogP contribution in [0, 0.1) is 6.92 Å². The van der Waals surface area contributed by atoms with Crippen LogP contribution in [0.5, 0.6) is 0 Å². The van der Waals surface area contributed by atoms with Crippen LogP contribution in [0.3, 0.4) is 0 Å². The largest absolute Gasteiger partial charge is 0.460 e. The highest BCUT2D eigenvalue weighted by Gasteiger charge is 2.20. The Hall–Kier alpha value is -2.88. The molecule has 25 heavy (non-hydrogen) atoms. The Morgan fingerprint density at radius 3 is 2.28 bits per heavy atom. The van der Waals surface area contributed by atoms with Gasteiger partial charge in [0, 0.05) is 5.69 Å². The molecule has 4 heteroatoms. The SMILES string of the molecule is CCc1cccc(CC)c1NC(=O)c1c(C)oc2ccccc2c1=O. The number of rotatable bonds is 4. The molecule has 0 fully saturated rings. The predicted octanol–water partition coefficient (Wildman–Crippen LogP) is 4.48. The van der Waals surface area contributed by atoms with Crippen LogP contribution in [0.2, 0.25) is 0 Å². The van der Waals surface area contributed by atoms with E-state index in [1.54, 1.807) is 31.2 Å². The van der Waals surface area contributed by atoms with E-state index >= 15 is 0 Å². The zero-order valence-corrected chi connectivity index (χ0v) is 14.7. The molecule has 128 valence electrons. The number of hydrogen-bond acceptors (Lipinski definition) is 3. The highest BCUT2D eigenvalue weighted by Crippen LogP contribution is 2.24. The van der Waals surface area contributed by atoms with Crippen LogP contribution >= 0.6 is 0 Å². The van der Waals surface area contributed by atoms with Crippen LogP contribution in [0.4, 0.5) is 5.69 Å². The van der Waals surface area contributed by atoms with Gasteiger partial charge in [0.05, 0.1) is 5.39 Å². The summed E-state index contributed by atoms with van der Waals surface area (Å²) in [7, 11) is 0. The molecule has 3 aromatic rings. The van der Waals surface area contributed by atoms with E-state index in [1.807, 2.05) is 32.0 Å². The Morgan fingerprint density at radius 2 is 1.64 bits per heavy atom. The van der Waals surface area contributed by atoms with E-state index in [4.69, 9.17) is 4.42 Å². The van der Waals surface area contributed by atoms with E-state index in [0.717, 1.165) is 29.7 Å². The van der Waals surface area contributed by atoms with Crippen LogP contribution in [0.15, 0.2) is 51.7 Å². The molecule has 1 aromatic heterocycles. The minimum absolute atomic E-state index is 0.0617. The van der Waals surface area contributed by atoms with Gasteiger partial charge in [-0.25, -0.2) is 0 Å². The van der Waals surface area contributed by atoms with Crippen molar-refractivity contribution in [2.24, 2.45) is 0 Å². The normalized spacial score (nSPS) is 10.8. The van der Waals surface area contributed by atoms with Gasteiger partial charge in [-0.3, -0.25) is 9.59 Å². The molecule has 0 aliphatic carbocycles. The smallest absolute Gasteiger partial charge is 0.263 e. The van der Waals surface area contributed by atoms with Crippen molar-refractivity contribution in [1.29, 1.82) is 0 Å². The highest BCUT2D eigenvalue weighted by atomic mass is 16.3. The van der Waals surface area contributed by atoms with Gasteiger partial charge >= 0.3 is 0 Å². The summed E-state index contributed by atoms with van der Waals surface area (Å²) in [5.74, 6) is -0.0965. The molecule has 3 rings (SSSR count). The molecule has 0 aliphatic rings. The van der Waals surface area contributed by atoms with Crippen molar-refractivity contribution in [1.82, 2.24) is 0 Å². The van der Waals surface area contributed by atoms with Gasteiger partial charge in [-0.05, 0) is 43.0 Å². The van der Waals surface area contributed by atoms with Gasteiger partial charge in [0.25, 0.3) is 5.91 Å². The highest BCUT2D eigenvalue weighted by molar-refractivity contribution is 6.07. The summed E-state index contributed by atoms with van der Waals surface area (Å²) < 4.78 is 5.68. The fraction of sp³-hybridized carbons (Fsp3) is 0.238. The second-order valence-corrected chi connectivity index (χ2v) is 5.97. The zero-order chi connectivity index (χ0) is 18.0. The minimum atomic E-state index is -0.424. The lowest BCUT2D eigenvalue weighted by molar-refractivity contribution is 0.102. The second kappa shape index (κ2) is 6.93. The third-order valence-corrected chi connectivity index (χ3v) is 4.44. The molecular formula is C21H21NO3. The molecule has 1 heterocycles. The number of fused-ring (bicyclic) bond motifs is 1. The number of hydrogen-bond donors (Lipinski definition) is 1. The number of amides is 1. The van der Waals surface area contributed by atoms with Crippen molar-refractivity contribution < 1.29 is 9.21 Å². The Morgan fingerprint density at radius 1 is 1.00 bits per heavy atom. The van der Waals surface area contributed by atoms with Crippen LogP contribution < -0.4 is 10.7 Å². The lowest BCUT2D eigenvalue weighted by Crippen LogP contribution is -2.24. The average Bonchev–Trinajstić information content (AvgIpc) is 2.61. The van der Waals surface area contributed by atoms with Crippen molar-refractivity contribution in [3.05, 3.63) is 75.1 Å². The third-order valence-electron chi connectivity index (χ3n) is 4.44. The van der Waals surface area contributed by atoms with Crippen molar-refractivity contribution in [3.63, 3.8) is 0 Å². The van der Waals surface area contributed by atoms with Crippen LogP contribution in [0.1, 0.15) is 41.1 Å². The standard InChI is InChI=1S/C21H21NO3/c1-4-14-9-8-10-15(5-2)19(14)22-21(24)18-13(3)25-17-12-7-6-11-16(17)20(18)23/h6-12H,4-5H2,1-3H3,(H,22,24). The first kappa shape index (κ1) is 17.0. The lowest BCUT2D eigenvalue weighted by atomic mass is 10.0. The van der Waals surface area contributed by atoms with E-state index < -0.39 is 5.91 Å². The Kier molecular flexibility index (Phi) is 4.70. The Labute approximate surface area is 146 Å². The van der Waals surface area contributed by atoms with Crippen LogP contribution in [-0.2, 0) is 12.8 Å². The molecule has 0 saturated carbocycles. The molecule has 0 aliphatic heterocycles. The lowest BCUT2D eigenvalue weighted by Gasteiger charge is -2.15. The summed E-state index contributed by atoms with van der Waals surface area (Å²) in [4.78, 5) is 25.6. The maximum Gasteiger partial charge on any atom is 0.263 e. The Bertz CT molecular complexity index is 979. The van der Waals surface area contributed by atoms with Crippen molar-refractivity contribution in [2.45, 2.75) is 33.6 Å². The summed E-state index contributed by atoms with van der Waals surface area (Å²) in [5, 5.41) is 3.36. The molecule has 1 amide bonds. The molecule has 0 saturated heterocycles. The molecule has 0 radical (unpaired) electrons. The summed E-state index contributed by atoms with van der Waals surface area (Å²) in [6.07, 6.45) is 1.60. The minimum Gasteiger partial charge on any atom is -0.460 e. The summed E-state index contributed by atoms with van der Waals surface area (Å²) in [6.45, 7) is 5.73. The Balaban J connectivity index is 2.09. The first-order chi connectivity index (χ1) is 12.1. The van der Waals surface area contributed by atoms with Crippen molar-refractivity contribution in [3.8, 4) is 0 Å². The molecule has 0 unspecified atom stereocenters. The number of anilines is 1. The van der Waals surface area contributed by atoms with E-state index in [2.05, 4.69) is 5.32 Å².